The van der Waals surface area contributed by atoms with Crippen LogP contribution in [-0.2, 0) is 19.2 Å². The minimum atomic E-state index is -0.258. The number of carbonyl (C=O) groups is 2. The lowest BCUT2D eigenvalue weighted by Crippen LogP contribution is -2.28. The number of unbranched alkanes of at least 4 members (excludes halogenated alkanes) is 1. The van der Waals surface area contributed by atoms with E-state index in [4.69, 9.17) is 9.57 Å². The Hall–Kier alpha value is -1.30. The Morgan fingerprint density at radius 1 is 1.18 bits per heavy atom. The standard InChI is InChI=1S/C22H37NO4S/c1-6-10-12-21(25)27-20-15-17(13-16(5)28-9-4)14-19(24)22(20)18(11-7-2)23-26-8-3/h16-17H,6-15H2,1-5H3. The lowest BCUT2D eigenvalue weighted by atomic mass is 9.82. The van der Waals surface area contributed by atoms with Crippen molar-refractivity contribution >= 4 is 29.2 Å². The molecule has 0 N–H and O–H groups in total. The van der Waals surface area contributed by atoms with Gasteiger partial charge in [-0.3, -0.25) is 9.59 Å². The Kier molecular flexibility index (Phi) is 12.2. The Bertz CT molecular complexity index is 571. The van der Waals surface area contributed by atoms with Gasteiger partial charge in [0.2, 0.25) is 0 Å². The fourth-order valence-electron chi connectivity index (χ4n) is 3.46. The highest BCUT2D eigenvalue weighted by atomic mass is 32.2. The van der Waals surface area contributed by atoms with Crippen LogP contribution in [0.15, 0.2) is 16.5 Å². The van der Waals surface area contributed by atoms with Crippen molar-refractivity contribution in [1.82, 2.24) is 0 Å². The zero-order valence-corrected chi connectivity index (χ0v) is 19.0. The van der Waals surface area contributed by atoms with Gasteiger partial charge in [-0.2, -0.15) is 11.8 Å². The Morgan fingerprint density at radius 2 is 1.93 bits per heavy atom. The van der Waals surface area contributed by atoms with Gasteiger partial charge in [0.05, 0.1) is 11.3 Å². The van der Waals surface area contributed by atoms with Crippen molar-refractivity contribution in [2.45, 2.75) is 91.2 Å². The number of esters is 1. The van der Waals surface area contributed by atoms with Crippen molar-refractivity contribution in [1.29, 1.82) is 0 Å². The van der Waals surface area contributed by atoms with Crippen LogP contribution in [0, 0.1) is 5.92 Å². The number of rotatable bonds is 13. The van der Waals surface area contributed by atoms with E-state index in [9.17, 15) is 9.59 Å². The molecular formula is C22H37NO4S. The molecule has 0 radical (unpaired) electrons. The number of carbonyl (C=O) groups excluding carboxylic acids is 2. The van der Waals surface area contributed by atoms with Crippen LogP contribution < -0.4 is 0 Å². The molecule has 0 aliphatic heterocycles. The molecule has 0 fully saturated rings. The molecule has 2 unspecified atom stereocenters. The predicted molar refractivity (Wildman–Crippen MR) is 117 cm³/mol. The van der Waals surface area contributed by atoms with Gasteiger partial charge in [0.25, 0.3) is 0 Å². The van der Waals surface area contributed by atoms with E-state index in [-0.39, 0.29) is 17.7 Å². The van der Waals surface area contributed by atoms with Gasteiger partial charge in [-0.25, -0.2) is 0 Å². The summed E-state index contributed by atoms with van der Waals surface area (Å²) in [5, 5.41) is 4.66. The maximum Gasteiger partial charge on any atom is 0.310 e. The van der Waals surface area contributed by atoms with Crippen LogP contribution in [-0.4, -0.2) is 35.1 Å². The van der Waals surface area contributed by atoms with E-state index < -0.39 is 0 Å². The van der Waals surface area contributed by atoms with Crippen molar-refractivity contribution in [3.05, 3.63) is 11.3 Å². The van der Waals surface area contributed by atoms with Crippen molar-refractivity contribution < 1.29 is 19.2 Å². The molecule has 0 spiro atoms. The van der Waals surface area contributed by atoms with E-state index >= 15 is 0 Å². The first-order chi connectivity index (χ1) is 13.5. The molecular weight excluding hydrogens is 374 g/mol. The smallest absolute Gasteiger partial charge is 0.310 e. The predicted octanol–water partition coefficient (Wildman–Crippen LogP) is 5.68. The quantitative estimate of drug-likeness (QED) is 0.222. The third kappa shape index (κ3) is 8.38. The summed E-state index contributed by atoms with van der Waals surface area (Å²) in [7, 11) is 0. The molecule has 0 saturated heterocycles. The molecule has 0 aromatic carbocycles. The summed E-state index contributed by atoms with van der Waals surface area (Å²) in [5.41, 5.74) is 1.09. The summed E-state index contributed by atoms with van der Waals surface area (Å²) < 4.78 is 5.73. The van der Waals surface area contributed by atoms with Crippen LogP contribution in [0.3, 0.4) is 0 Å². The number of ketones is 1. The number of hydrogen-bond donors (Lipinski definition) is 0. The van der Waals surface area contributed by atoms with E-state index in [2.05, 4.69) is 19.0 Å². The van der Waals surface area contributed by atoms with Crippen LogP contribution >= 0.6 is 11.8 Å². The lowest BCUT2D eigenvalue weighted by Gasteiger charge is -2.28. The van der Waals surface area contributed by atoms with Crippen LogP contribution in [0.2, 0.25) is 0 Å². The van der Waals surface area contributed by atoms with Crippen molar-refractivity contribution in [3.63, 3.8) is 0 Å². The van der Waals surface area contributed by atoms with Gasteiger partial charge in [-0.05, 0) is 37.9 Å². The molecule has 5 nitrogen and oxygen atoms in total. The number of hydrogen-bond acceptors (Lipinski definition) is 6. The average Bonchev–Trinajstić information content (AvgIpc) is 2.64. The van der Waals surface area contributed by atoms with Gasteiger partial charge < -0.3 is 9.57 Å². The topological polar surface area (TPSA) is 65.0 Å². The summed E-state index contributed by atoms with van der Waals surface area (Å²) in [6.07, 6.45) is 5.60. The van der Waals surface area contributed by atoms with E-state index in [1.165, 1.54) is 0 Å². The molecule has 2 atom stereocenters. The molecule has 0 amide bonds. The lowest BCUT2D eigenvalue weighted by molar-refractivity contribution is -0.140. The third-order valence-electron chi connectivity index (χ3n) is 4.67. The van der Waals surface area contributed by atoms with Crippen molar-refractivity contribution in [2.75, 3.05) is 12.4 Å². The third-order valence-corrected chi connectivity index (χ3v) is 5.77. The van der Waals surface area contributed by atoms with Crippen LogP contribution in [0.1, 0.15) is 86.0 Å². The van der Waals surface area contributed by atoms with Gasteiger partial charge in [0.15, 0.2) is 5.78 Å². The second-order valence-corrected chi connectivity index (χ2v) is 9.00. The van der Waals surface area contributed by atoms with Crippen molar-refractivity contribution in [2.24, 2.45) is 11.1 Å². The maximum absolute atomic E-state index is 13.0. The first kappa shape index (κ1) is 24.7. The zero-order valence-electron chi connectivity index (χ0n) is 18.2. The fraction of sp³-hybridized carbons (Fsp3) is 0.773. The highest BCUT2D eigenvalue weighted by molar-refractivity contribution is 7.99. The minimum Gasteiger partial charge on any atom is -0.430 e. The number of allylic oxidation sites excluding steroid dienone is 2. The van der Waals surface area contributed by atoms with Gasteiger partial charge in [0, 0.05) is 24.5 Å². The van der Waals surface area contributed by atoms with E-state index in [1.807, 2.05) is 32.5 Å². The summed E-state index contributed by atoms with van der Waals surface area (Å²) >= 11 is 1.90. The number of oxime groups is 1. The van der Waals surface area contributed by atoms with Gasteiger partial charge in [-0.15, -0.1) is 0 Å². The number of Topliss-reactive ketones (excluding diaryl/α,β-unsaturated/α-hetero) is 1. The monoisotopic (exact) mass is 411 g/mol. The second kappa shape index (κ2) is 13.8. The molecule has 0 heterocycles. The average molecular weight is 412 g/mol. The van der Waals surface area contributed by atoms with E-state index in [1.54, 1.807) is 0 Å². The molecule has 28 heavy (non-hydrogen) atoms. The summed E-state index contributed by atoms with van der Waals surface area (Å²) in [4.78, 5) is 30.6. The molecule has 0 saturated carbocycles. The highest BCUT2D eigenvalue weighted by Gasteiger charge is 2.33. The molecule has 160 valence electrons. The van der Waals surface area contributed by atoms with Gasteiger partial charge in [0.1, 0.15) is 12.4 Å². The molecule has 0 aromatic rings. The number of thioether (sulfide) groups is 1. The highest BCUT2D eigenvalue weighted by Crippen LogP contribution is 2.34. The van der Waals surface area contributed by atoms with Crippen molar-refractivity contribution in [3.8, 4) is 0 Å². The van der Waals surface area contributed by atoms with Crippen LogP contribution in [0.5, 0.6) is 0 Å². The first-order valence-electron chi connectivity index (χ1n) is 10.7. The molecule has 1 rings (SSSR count). The SMILES string of the molecule is CCCCC(=O)OC1=C(C(CCC)=NOCC)C(=O)CC(CC(C)SCC)C1. The molecule has 1 aliphatic carbocycles. The number of nitrogens with zero attached hydrogens (tertiary/aromatic N) is 1. The fourth-order valence-corrected chi connectivity index (χ4v) is 4.44. The Morgan fingerprint density at radius 3 is 2.54 bits per heavy atom. The zero-order chi connectivity index (χ0) is 20.9. The van der Waals surface area contributed by atoms with Gasteiger partial charge >= 0.3 is 5.97 Å². The van der Waals surface area contributed by atoms with Crippen LogP contribution in [0.25, 0.3) is 0 Å². The summed E-state index contributed by atoms with van der Waals surface area (Å²) in [6, 6.07) is 0. The Balaban J connectivity index is 3.14. The molecule has 6 heteroatoms. The largest absolute Gasteiger partial charge is 0.430 e. The molecule has 0 bridgehead atoms. The summed E-state index contributed by atoms with van der Waals surface area (Å²) in [5.74, 6) is 1.53. The molecule has 1 aliphatic rings. The second-order valence-electron chi connectivity index (χ2n) is 7.28. The molecule has 0 aromatic heterocycles. The first-order valence-corrected chi connectivity index (χ1v) is 11.8. The van der Waals surface area contributed by atoms with Gasteiger partial charge in [-0.1, -0.05) is 45.7 Å². The number of ether oxygens (including phenoxy) is 1. The van der Waals surface area contributed by atoms with E-state index in [0.717, 1.165) is 31.4 Å². The summed E-state index contributed by atoms with van der Waals surface area (Å²) in [6.45, 7) is 10.7. The van der Waals surface area contributed by atoms with E-state index in [0.29, 0.717) is 54.6 Å². The maximum atomic E-state index is 13.0. The normalized spacial score (nSPS) is 19.0. The Labute approximate surface area is 174 Å². The minimum absolute atomic E-state index is 0.0233. The van der Waals surface area contributed by atoms with Crippen LogP contribution in [0.4, 0.5) is 0 Å².